The molecule has 0 radical (unpaired) electrons. The number of nitrogens with one attached hydrogen (secondary N) is 1. The first-order valence-electron chi connectivity index (χ1n) is 7.33. The van der Waals surface area contributed by atoms with Gasteiger partial charge in [-0.1, -0.05) is 35.9 Å². The van der Waals surface area contributed by atoms with Gasteiger partial charge in [-0.25, -0.2) is 0 Å². The monoisotopic (exact) mass is 347 g/mol. The number of hydrogen-bond acceptors (Lipinski definition) is 4. The number of esters is 1. The van der Waals surface area contributed by atoms with E-state index in [1.54, 1.807) is 43.5 Å². The maximum atomic E-state index is 11.9. The molecule has 6 heteroatoms. The number of carbonyl (C=O) groups is 2. The van der Waals surface area contributed by atoms with Crippen molar-refractivity contribution in [1.82, 2.24) is 0 Å². The van der Waals surface area contributed by atoms with Crippen LogP contribution in [0.15, 0.2) is 42.5 Å². The lowest BCUT2D eigenvalue weighted by Crippen LogP contribution is -2.22. The van der Waals surface area contributed by atoms with Crippen molar-refractivity contribution >= 4 is 29.2 Å². The third kappa shape index (κ3) is 4.99. The molecule has 0 fully saturated rings. The summed E-state index contributed by atoms with van der Waals surface area (Å²) in [6.07, 6.45) is 0.0651. The van der Waals surface area contributed by atoms with Gasteiger partial charge >= 0.3 is 5.97 Å². The van der Waals surface area contributed by atoms with Crippen molar-refractivity contribution in [2.75, 3.05) is 19.0 Å². The summed E-state index contributed by atoms with van der Waals surface area (Å²) in [5.41, 5.74) is 2.10. The standard InChI is InChI=1S/C18H18ClNO4/c1-12-5-3-8-15(19)18(12)20-16(21)11-24-17(22)10-13-6-4-7-14(9-13)23-2/h3-9H,10-11H2,1-2H3,(H,20,21). The van der Waals surface area contributed by atoms with Crippen molar-refractivity contribution in [3.05, 3.63) is 58.6 Å². The summed E-state index contributed by atoms with van der Waals surface area (Å²) >= 11 is 6.04. The fourth-order valence-electron chi connectivity index (χ4n) is 2.11. The van der Waals surface area contributed by atoms with Gasteiger partial charge in [0.25, 0.3) is 5.91 Å². The predicted molar refractivity (Wildman–Crippen MR) is 92.5 cm³/mol. The molecule has 2 aromatic rings. The second kappa shape index (κ2) is 8.36. The van der Waals surface area contributed by atoms with Gasteiger partial charge in [-0.15, -0.1) is 0 Å². The highest BCUT2D eigenvalue weighted by Gasteiger charge is 2.12. The van der Waals surface area contributed by atoms with E-state index in [4.69, 9.17) is 21.1 Å². The molecule has 0 saturated heterocycles. The number of anilines is 1. The Morgan fingerprint density at radius 2 is 1.92 bits per heavy atom. The number of amides is 1. The molecular weight excluding hydrogens is 330 g/mol. The Morgan fingerprint density at radius 1 is 1.17 bits per heavy atom. The van der Waals surface area contributed by atoms with E-state index in [2.05, 4.69) is 5.32 Å². The Balaban J connectivity index is 1.86. The lowest BCUT2D eigenvalue weighted by molar-refractivity contribution is -0.146. The first-order chi connectivity index (χ1) is 11.5. The van der Waals surface area contributed by atoms with Crippen LogP contribution in [0.2, 0.25) is 5.02 Å². The predicted octanol–water partition coefficient (Wildman–Crippen LogP) is 3.38. The number of halogens is 1. The van der Waals surface area contributed by atoms with E-state index in [0.717, 1.165) is 11.1 Å². The smallest absolute Gasteiger partial charge is 0.310 e. The zero-order valence-electron chi connectivity index (χ0n) is 13.5. The normalized spacial score (nSPS) is 10.1. The van der Waals surface area contributed by atoms with E-state index < -0.39 is 11.9 Å². The van der Waals surface area contributed by atoms with E-state index in [1.165, 1.54) is 0 Å². The largest absolute Gasteiger partial charge is 0.497 e. The Hall–Kier alpha value is -2.53. The third-order valence-corrected chi connectivity index (χ3v) is 3.65. The number of hydrogen-bond donors (Lipinski definition) is 1. The Morgan fingerprint density at radius 3 is 2.62 bits per heavy atom. The Labute approximate surface area is 145 Å². The maximum absolute atomic E-state index is 11.9. The summed E-state index contributed by atoms with van der Waals surface area (Å²) < 4.78 is 10.1. The molecule has 2 rings (SSSR count). The average Bonchev–Trinajstić information content (AvgIpc) is 2.56. The lowest BCUT2D eigenvalue weighted by atomic mass is 10.1. The highest BCUT2D eigenvalue weighted by atomic mass is 35.5. The van der Waals surface area contributed by atoms with E-state index >= 15 is 0 Å². The summed E-state index contributed by atoms with van der Waals surface area (Å²) in [5, 5.41) is 3.08. The first kappa shape index (κ1) is 17.8. The number of benzene rings is 2. The summed E-state index contributed by atoms with van der Waals surface area (Å²) in [6, 6.07) is 12.4. The summed E-state index contributed by atoms with van der Waals surface area (Å²) in [6.45, 7) is 1.46. The molecule has 0 spiro atoms. The lowest BCUT2D eigenvalue weighted by Gasteiger charge is -2.10. The molecule has 1 amide bonds. The number of methoxy groups -OCH3 is 1. The molecule has 0 aliphatic carbocycles. The van der Waals surface area contributed by atoms with Crippen LogP contribution < -0.4 is 10.1 Å². The molecule has 0 saturated carbocycles. The average molecular weight is 348 g/mol. The van der Waals surface area contributed by atoms with Crippen molar-refractivity contribution in [3.63, 3.8) is 0 Å². The SMILES string of the molecule is COc1cccc(CC(=O)OCC(=O)Nc2c(C)cccc2Cl)c1. The van der Waals surface area contributed by atoms with Crippen LogP contribution in [-0.2, 0) is 20.7 Å². The van der Waals surface area contributed by atoms with Crippen LogP contribution in [0.25, 0.3) is 0 Å². The highest BCUT2D eigenvalue weighted by molar-refractivity contribution is 6.33. The van der Waals surface area contributed by atoms with Gasteiger partial charge in [0.2, 0.25) is 0 Å². The van der Waals surface area contributed by atoms with Crippen LogP contribution in [-0.4, -0.2) is 25.6 Å². The zero-order valence-corrected chi connectivity index (χ0v) is 14.2. The second-order valence-electron chi connectivity index (χ2n) is 5.17. The third-order valence-electron chi connectivity index (χ3n) is 3.33. The summed E-state index contributed by atoms with van der Waals surface area (Å²) in [4.78, 5) is 23.7. The van der Waals surface area contributed by atoms with Crippen LogP contribution in [0.5, 0.6) is 5.75 Å². The summed E-state index contributed by atoms with van der Waals surface area (Å²) in [7, 11) is 1.55. The molecule has 2 aromatic carbocycles. The minimum absolute atomic E-state index is 0.0651. The van der Waals surface area contributed by atoms with Gasteiger partial charge in [0.05, 0.1) is 24.2 Å². The minimum Gasteiger partial charge on any atom is -0.497 e. The minimum atomic E-state index is -0.491. The number of carbonyl (C=O) groups excluding carboxylic acids is 2. The Kier molecular flexibility index (Phi) is 6.21. The van der Waals surface area contributed by atoms with Gasteiger partial charge < -0.3 is 14.8 Å². The van der Waals surface area contributed by atoms with Crippen LogP contribution in [0, 0.1) is 6.92 Å². The molecule has 0 aliphatic heterocycles. The number of para-hydroxylation sites is 1. The van der Waals surface area contributed by atoms with Crippen LogP contribution in [0.1, 0.15) is 11.1 Å². The molecule has 0 aliphatic rings. The second-order valence-corrected chi connectivity index (χ2v) is 5.58. The number of ether oxygens (including phenoxy) is 2. The molecule has 24 heavy (non-hydrogen) atoms. The van der Waals surface area contributed by atoms with Gasteiger partial charge in [-0.3, -0.25) is 9.59 Å². The zero-order chi connectivity index (χ0) is 17.5. The van der Waals surface area contributed by atoms with Crippen LogP contribution >= 0.6 is 11.6 Å². The van der Waals surface area contributed by atoms with E-state index in [-0.39, 0.29) is 13.0 Å². The van der Waals surface area contributed by atoms with Gasteiger partial charge in [0.15, 0.2) is 6.61 Å². The fraction of sp³-hybridized carbons (Fsp3) is 0.222. The Bertz CT molecular complexity index is 725. The molecule has 0 atom stereocenters. The van der Waals surface area contributed by atoms with Gasteiger partial charge in [-0.2, -0.15) is 0 Å². The van der Waals surface area contributed by atoms with E-state index in [9.17, 15) is 9.59 Å². The van der Waals surface area contributed by atoms with E-state index in [1.807, 2.05) is 13.0 Å². The van der Waals surface area contributed by atoms with Crippen molar-refractivity contribution in [2.24, 2.45) is 0 Å². The highest BCUT2D eigenvalue weighted by Crippen LogP contribution is 2.25. The van der Waals surface area contributed by atoms with Crippen molar-refractivity contribution in [2.45, 2.75) is 13.3 Å². The molecule has 1 N–H and O–H groups in total. The molecule has 0 heterocycles. The molecule has 0 aromatic heterocycles. The molecule has 0 bridgehead atoms. The van der Waals surface area contributed by atoms with Crippen LogP contribution in [0.3, 0.4) is 0 Å². The van der Waals surface area contributed by atoms with E-state index in [0.29, 0.717) is 16.5 Å². The molecule has 126 valence electrons. The van der Waals surface area contributed by atoms with Crippen molar-refractivity contribution in [3.8, 4) is 5.75 Å². The molecular formula is C18H18ClNO4. The van der Waals surface area contributed by atoms with Crippen LogP contribution in [0.4, 0.5) is 5.69 Å². The van der Waals surface area contributed by atoms with Gasteiger partial charge in [-0.05, 0) is 36.2 Å². The molecule has 0 unspecified atom stereocenters. The quantitative estimate of drug-likeness (QED) is 0.813. The first-order valence-corrected chi connectivity index (χ1v) is 7.71. The topological polar surface area (TPSA) is 64.6 Å². The summed E-state index contributed by atoms with van der Waals surface area (Å²) in [5.74, 6) is -0.272. The fourth-order valence-corrected chi connectivity index (χ4v) is 2.38. The maximum Gasteiger partial charge on any atom is 0.310 e. The number of rotatable bonds is 6. The van der Waals surface area contributed by atoms with Crippen molar-refractivity contribution < 1.29 is 19.1 Å². The molecule has 5 nitrogen and oxygen atoms in total. The van der Waals surface area contributed by atoms with Gasteiger partial charge in [0.1, 0.15) is 5.75 Å². The van der Waals surface area contributed by atoms with Crippen molar-refractivity contribution in [1.29, 1.82) is 0 Å². The number of aryl methyl sites for hydroxylation is 1. The van der Waals surface area contributed by atoms with Gasteiger partial charge in [0, 0.05) is 0 Å².